The molecular formula is C13H14ClNO3. The Kier molecular flexibility index (Phi) is 3.26. The number of halogens is 1. The summed E-state index contributed by atoms with van der Waals surface area (Å²) in [5, 5.41) is 1.65. The summed E-state index contributed by atoms with van der Waals surface area (Å²) in [4.78, 5) is 0. The number of benzene rings is 1. The van der Waals surface area contributed by atoms with Crippen LogP contribution < -0.4 is 5.73 Å². The predicted molar refractivity (Wildman–Crippen MR) is 68.5 cm³/mol. The van der Waals surface area contributed by atoms with Crippen molar-refractivity contribution in [3.8, 4) is 0 Å². The van der Waals surface area contributed by atoms with E-state index in [1.807, 2.05) is 18.2 Å². The highest BCUT2D eigenvalue weighted by atomic mass is 35.5. The van der Waals surface area contributed by atoms with E-state index in [0.29, 0.717) is 24.7 Å². The number of nitrogens with two attached hydrogens (primary N) is 1. The number of fused-ring (bicyclic) bond motifs is 1. The first-order valence-corrected chi connectivity index (χ1v) is 6.28. The minimum Gasteiger partial charge on any atom is -0.459 e. The third kappa shape index (κ3) is 2.37. The molecule has 0 spiro atoms. The van der Waals surface area contributed by atoms with E-state index >= 15 is 0 Å². The van der Waals surface area contributed by atoms with Gasteiger partial charge in [-0.3, -0.25) is 0 Å². The van der Waals surface area contributed by atoms with E-state index in [-0.39, 0.29) is 12.3 Å². The van der Waals surface area contributed by atoms with Crippen LogP contribution in [0.5, 0.6) is 0 Å². The van der Waals surface area contributed by atoms with Gasteiger partial charge in [-0.05, 0) is 24.3 Å². The Morgan fingerprint density at radius 2 is 2.06 bits per heavy atom. The monoisotopic (exact) mass is 267 g/mol. The SMILES string of the molecule is NC(CC1OCCO1)c1cc2cc(Cl)ccc2o1. The number of hydrogen-bond acceptors (Lipinski definition) is 4. The molecule has 1 aliphatic rings. The lowest BCUT2D eigenvalue weighted by atomic mass is 10.1. The lowest BCUT2D eigenvalue weighted by Crippen LogP contribution is -2.18. The van der Waals surface area contributed by atoms with Gasteiger partial charge in [0.25, 0.3) is 0 Å². The quantitative estimate of drug-likeness (QED) is 0.929. The Labute approximate surface area is 110 Å². The van der Waals surface area contributed by atoms with Crippen LogP contribution >= 0.6 is 11.6 Å². The molecule has 1 aromatic carbocycles. The maximum atomic E-state index is 6.09. The molecule has 1 aliphatic heterocycles. The second-order valence-corrected chi connectivity index (χ2v) is 4.78. The third-order valence-corrected chi connectivity index (χ3v) is 3.24. The lowest BCUT2D eigenvalue weighted by Gasteiger charge is -2.13. The van der Waals surface area contributed by atoms with Crippen molar-refractivity contribution < 1.29 is 13.9 Å². The van der Waals surface area contributed by atoms with Gasteiger partial charge in [0.05, 0.1) is 19.3 Å². The Morgan fingerprint density at radius 1 is 1.28 bits per heavy atom. The molecule has 0 aliphatic carbocycles. The number of furan rings is 1. The van der Waals surface area contributed by atoms with E-state index in [2.05, 4.69) is 0 Å². The lowest BCUT2D eigenvalue weighted by molar-refractivity contribution is -0.0517. The van der Waals surface area contributed by atoms with Crippen LogP contribution in [-0.2, 0) is 9.47 Å². The van der Waals surface area contributed by atoms with Crippen LogP contribution in [0.1, 0.15) is 18.2 Å². The van der Waals surface area contributed by atoms with Crippen LogP contribution in [0.25, 0.3) is 11.0 Å². The molecule has 0 bridgehead atoms. The molecule has 0 radical (unpaired) electrons. The van der Waals surface area contributed by atoms with Gasteiger partial charge in [-0.25, -0.2) is 0 Å². The molecule has 5 heteroatoms. The average Bonchev–Trinajstić information content (AvgIpc) is 2.96. The van der Waals surface area contributed by atoms with Crippen LogP contribution in [0.2, 0.25) is 5.02 Å². The predicted octanol–water partition coefficient (Wildman–Crippen LogP) is 2.85. The first-order chi connectivity index (χ1) is 8.72. The molecule has 0 amide bonds. The number of rotatable bonds is 3. The van der Waals surface area contributed by atoms with Crippen molar-refractivity contribution in [2.24, 2.45) is 5.73 Å². The van der Waals surface area contributed by atoms with Crippen molar-refractivity contribution >= 4 is 22.6 Å². The molecule has 2 aromatic rings. The smallest absolute Gasteiger partial charge is 0.159 e. The van der Waals surface area contributed by atoms with E-state index < -0.39 is 0 Å². The van der Waals surface area contributed by atoms with Gasteiger partial charge in [-0.2, -0.15) is 0 Å². The Morgan fingerprint density at radius 3 is 2.83 bits per heavy atom. The van der Waals surface area contributed by atoms with E-state index in [9.17, 15) is 0 Å². The summed E-state index contributed by atoms with van der Waals surface area (Å²) in [6, 6.07) is 7.18. The second-order valence-electron chi connectivity index (χ2n) is 4.34. The molecule has 3 rings (SSSR count). The fourth-order valence-corrected chi connectivity index (χ4v) is 2.26. The minimum atomic E-state index is -0.237. The van der Waals surface area contributed by atoms with E-state index in [4.69, 9.17) is 31.2 Å². The summed E-state index contributed by atoms with van der Waals surface area (Å²) in [6.45, 7) is 1.26. The van der Waals surface area contributed by atoms with Crippen LogP contribution in [-0.4, -0.2) is 19.5 Å². The summed E-state index contributed by atoms with van der Waals surface area (Å²) >= 11 is 5.93. The van der Waals surface area contributed by atoms with E-state index in [1.54, 1.807) is 6.07 Å². The largest absolute Gasteiger partial charge is 0.459 e. The average molecular weight is 268 g/mol. The maximum Gasteiger partial charge on any atom is 0.159 e. The molecule has 1 fully saturated rings. The van der Waals surface area contributed by atoms with Crippen LogP contribution in [0.15, 0.2) is 28.7 Å². The van der Waals surface area contributed by atoms with Gasteiger partial charge in [0.2, 0.25) is 0 Å². The molecule has 1 saturated heterocycles. The number of hydrogen-bond donors (Lipinski definition) is 1. The fraction of sp³-hybridized carbons (Fsp3) is 0.385. The maximum absolute atomic E-state index is 6.09. The van der Waals surface area contributed by atoms with Crippen molar-refractivity contribution in [1.82, 2.24) is 0 Å². The highest BCUT2D eigenvalue weighted by Crippen LogP contribution is 2.28. The first kappa shape index (κ1) is 12.0. The van der Waals surface area contributed by atoms with Gasteiger partial charge in [0.15, 0.2) is 6.29 Å². The number of ether oxygens (including phenoxy) is 2. The van der Waals surface area contributed by atoms with Crippen molar-refractivity contribution in [3.05, 3.63) is 35.0 Å². The normalized spacial score (nSPS) is 18.6. The van der Waals surface area contributed by atoms with Crippen molar-refractivity contribution in [3.63, 3.8) is 0 Å². The highest BCUT2D eigenvalue weighted by Gasteiger charge is 2.22. The van der Waals surface area contributed by atoms with Gasteiger partial charge in [-0.1, -0.05) is 11.6 Å². The van der Waals surface area contributed by atoms with E-state index in [0.717, 1.165) is 16.7 Å². The van der Waals surface area contributed by atoms with Crippen molar-refractivity contribution in [2.75, 3.05) is 13.2 Å². The third-order valence-electron chi connectivity index (χ3n) is 3.00. The molecule has 1 atom stereocenters. The molecule has 2 heterocycles. The van der Waals surface area contributed by atoms with Gasteiger partial charge in [0.1, 0.15) is 11.3 Å². The molecule has 1 aromatic heterocycles. The van der Waals surface area contributed by atoms with Gasteiger partial charge >= 0.3 is 0 Å². The van der Waals surface area contributed by atoms with Crippen LogP contribution in [0.3, 0.4) is 0 Å². The van der Waals surface area contributed by atoms with Crippen LogP contribution in [0, 0.1) is 0 Å². The Hall–Kier alpha value is -1.07. The van der Waals surface area contributed by atoms with Crippen LogP contribution in [0.4, 0.5) is 0 Å². The van der Waals surface area contributed by atoms with Crippen molar-refractivity contribution in [1.29, 1.82) is 0 Å². The van der Waals surface area contributed by atoms with E-state index in [1.165, 1.54) is 0 Å². The Balaban J connectivity index is 1.80. The summed E-state index contributed by atoms with van der Waals surface area (Å²) in [5.74, 6) is 0.728. The van der Waals surface area contributed by atoms with Crippen molar-refractivity contribution in [2.45, 2.75) is 18.8 Å². The zero-order chi connectivity index (χ0) is 12.5. The molecule has 1 unspecified atom stereocenters. The molecule has 2 N–H and O–H groups in total. The molecular weight excluding hydrogens is 254 g/mol. The molecule has 18 heavy (non-hydrogen) atoms. The summed E-state index contributed by atoms with van der Waals surface area (Å²) in [6.07, 6.45) is 0.366. The van der Waals surface area contributed by atoms with Gasteiger partial charge < -0.3 is 19.6 Å². The zero-order valence-corrected chi connectivity index (χ0v) is 10.5. The summed E-state index contributed by atoms with van der Waals surface area (Å²) in [7, 11) is 0. The fourth-order valence-electron chi connectivity index (χ4n) is 2.08. The Bertz CT molecular complexity index is 548. The minimum absolute atomic E-state index is 0.225. The first-order valence-electron chi connectivity index (χ1n) is 5.90. The molecule has 0 saturated carbocycles. The standard InChI is InChI=1S/C13H14ClNO3/c14-9-1-2-11-8(5-9)6-12(18-11)10(15)7-13-16-3-4-17-13/h1-2,5-6,10,13H,3-4,7,15H2. The van der Waals surface area contributed by atoms with Gasteiger partial charge in [-0.15, -0.1) is 0 Å². The molecule has 4 nitrogen and oxygen atoms in total. The topological polar surface area (TPSA) is 57.6 Å². The summed E-state index contributed by atoms with van der Waals surface area (Å²) < 4.78 is 16.4. The highest BCUT2D eigenvalue weighted by molar-refractivity contribution is 6.31. The summed E-state index contributed by atoms with van der Waals surface area (Å²) in [5.41, 5.74) is 6.88. The second kappa shape index (κ2) is 4.90. The zero-order valence-electron chi connectivity index (χ0n) is 9.77. The molecule has 96 valence electrons. The van der Waals surface area contributed by atoms with Gasteiger partial charge in [0, 0.05) is 16.8 Å².